The molecule has 1 amide bonds. The second kappa shape index (κ2) is 9.84. The molecule has 2 aliphatic rings. The van der Waals surface area contributed by atoms with Crippen LogP contribution in [0, 0.1) is 0 Å². The van der Waals surface area contributed by atoms with Crippen LogP contribution in [0.1, 0.15) is 47.7 Å². The molecule has 0 radical (unpaired) electrons. The standard InChI is InChI=1S/C28H29N9O2/c29-12-24(35-31)28(39)36-19-7-8-20(36)11-18(10-19)25-22(15-38)26(30)37-27(34-25)21(14-33-37)17-6-9-23(32-13-17)16-4-2-1-3-5-16/h1-6,9,12-15,18-20,35H,7-8,10-11,29-31H2/b24-12-. The molecule has 2 atom stereocenters. The summed E-state index contributed by atoms with van der Waals surface area (Å²) < 4.78 is 1.51. The van der Waals surface area contributed by atoms with Crippen LogP contribution in [0.15, 0.2) is 66.8 Å². The van der Waals surface area contributed by atoms with Crippen LogP contribution < -0.4 is 22.7 Å². The summed E-state index contributed by atoms with van der Waals surface area (Å²) in [5.74, 6) is 5.48. The van der Waals surface area contributed by atoms with Crippen molar-refractivity contribution in [3.63, 3.8) is 0 Å². The zero-order valence-corrected chi connectivity index (χ0v) is 21.2. The van der Waals surface area contributed by atoms with Gasteiger partial charge in [-0.05, 0) is 31.7 Å². The van der Waals surface area contributed by atoms with Gasteiger partial charge in [0.25, 0.3) is 5.91 Å². The monoisotopic (exact) mass is 523 g/mol. The number of aldehydes is 1. The number of amides is 1. The second-order valence-electron chi connectivity index (χ2n) is 10.00. The third-order valence-corrected chi connectivity index (χ3v) is 7.92. The highest BCUT2D eigenvalue weighted by atomic mass is 16.2. The van der Waals surface area contributed by atoms with E-state index in [1.54, 1.807) is 12.4 Å². The lowest BCUT2D eigenvalue weighted by atomic mass is 9.86. The van der Waals surface area contributed by atoms with Gasteiger partial charge in [0, 0.05) is 47.1 Å². The molecule has 198 valence electrons. The van der Waals surface area contributed by atoms with Crippen LogP contribution in [0.2, 0.25) is 0 Å². The minimum Gasteiger partial charge on any atom is -0.403 e. The largest absolute Gasteiger partial charge is 0.403 e. The molecule has 6 rings (SSSR count). The molecule has 2 fully saturated rings. The summed E-state index contributed by atoms with van der Waals surface area (Å²) in [5, 5.41) is 4.44. The molecule has 0 spiro atoms. The average molecular weight is 524 g/mol. The first kappa shape index (κ1) is 24.6. The summed E-state index contributed by atoms with van der Waals surface area (Å²) in [6.45, 7) is 0. The fourth-order valence-electron chi connectivity index (χ4n) is 6.07. The van der Waals surface area contributed by atoms with Crippen molar-refractivity contribution in [1.82, 2.24) is 29.9 Å². The quantitative estimate of drug-likeness (QED) is 0.128. The number of nitrogens with one attached hydrogen (secondary N) is 1. The normalized spacial score (nSPS) is 20.8. The summed E-state index contributed by atoms with van der Waals surface area (Å²) in [5.41, 5.74) is 19.7. The third kappa shape index (κ3) is 4.07. The smallest absolute Gasteiger partial charge is 0.273 e. The molecule has 0 aliphatic carbocycles. The number of anilines is 1. The van der Waals surface area contributed by atoms with Gasteiger partial charge in [-0.15, -0.1) is 0 Å². The Balaban J connectivity index is 1.36. The summed E-state index contributed by atoms with van der Waals surface area (Å²) >= 11 is 0. The highest BCUT2D eigenvalue weighted by Crippen LogP contribution is 2.44. The van der Waals surface area contributed by atoms with Gasteiger partial charge in [0.15, 0.2) is 11.9 Å². The Labute approximate surface area is 224 Å². The van der Waals surface area contributed by atoms with E-state index in [-0.39, 0.29) is 35.4 Å². The number of nitrogens with two attached hydrogens (primary N) is 3. The molecule has 2 bridgehead atoms. The number of hydrazine groups is 1. The molecule has 2 saturated heterocycles. The molecular formula is C28H29N9O2. The van der Waals surface area contributed by atoms with Crippen molar-refractivity contribution in [3.8, 4) is 22.4 Å². The number of fused-ring (bicyclic) bond motifs is 3. The lowest BCUT2D eigenvalue weighted by molar-refractivity contribution is -0.132. The van der Waals surface area contributed by atoms with E-state index < -0.39 is 0 Å². The van der Waals surface area contributed by atoms with Gasteiger partial charge in [0.1, 0.15) is 11.5 Å². The van der Waals surface area contributed by atoms with Gasteiger partial charge in [0.2, 0.25) is 0 Å². The summed E-state index contributed by atoms with van der Waals surface area (Å²) in [6, 6.07) is 13.9. The first-order chi connectivity index (χ1) is 19.0. The van der Waals surface area contributed by atoms with E-state index in [9.17, 15) is 9.59 Å². The van der Waals surface area contributed by atoms with Crippen molar-refractivity contribution in [3.05, 3.63) is 78.0 Å². The predicted octanol–water partition coefficient (Wildman–Crippen LogP) is 2.35. The summed E-state index contributed by atoms with van der Waals surface area (Å²) in [6.07, 6.45) is 8.47. The molecule has 2 aliphatic heterocycles. The number of pyridine rings is 1. The Morgan fingerprint density at radius 3 is 2.38 bits per heavy atom. The van der Waals surface area contributed by atoms with Gasteiger partial charge >= 0.3 is 0 Å². The van der Waals surface area contributed by atoms with E-state index in [0.717, 1.165) is 41.5 Å². The highest BCUT2D eigenvalue weighted by Gasteiger charge is 2.45. The lowest BCUT2D eigenvalue weighted by Crippen LogP contribution is -2.49. The Morgan fingerprint density at radius 2 is 1.77 bits per heavy atom. The molecule has 7 N–H and O–H groups in total. The molecule has 11 heteroatoms. The molecule has 5 heterocycles. The van der Waals surface area contributed by atoms with Crippen LogP contribution in [0.5, 0.6) is 0 Å². The van der Waals surface area contributed by atoms with Crippen LogP contribution in [-0.4, -0.2) is 48.8 Å². The van der Waals surface area contributed by atoms with Gasteiger partial charge in [0.05, 0.1) is 23.1 Å². The Hall–Kier alpha value is -4.77. The van der Waals surface area contributed by atoms with Gasteiger partial charge in [-0.3, -0.25) is 20.4 Å². The maximum atomic E-state index is 13.0. The van der Waals surface area contributed by atoms with Crippen molar-refractivity contribution in [2.24, 2.45) is 11.6 Å². The van der Waals surface area contributed by atoms with Crippen LogP contribution in [-0.2, 0) is 4.79 Å². The molecule has 0 saturated carbocycles. The first-order valence-corrected chi connectivity index (χ1v) is 12.9. The van der Waals surface area contributed by atoms with Crippen LogP contribution >= 0.6 is 0 Å². The zero-order valence-electron chi connectivity index (χ0n) is 21.2. The highest BCUT2D eigenvalue weighted by molar-refractivity contribution is 5.93. The van der Waals surface area contributed by atoms with E-state index in [4.69, 9.17) is 22.3 Å². The maximum absolute atomic E-state index is 13.0. The SMILES string of the molecule is N/C=C(\NN)C(=O)N1C2CCC1CC(c1nc3c(-c4ccc(-c5ccccc5)nc4)cnn3c(N)c1C=O)C2. The van der Waals surface area contributed by atoms with Crippen molar-refractivity contribution >= 4 is 23.7 Å². The van der Waals surface area contributed by atoms with Gasteiger partial charge in [-0.1, -0.05) is 36.4 Å². The topological polar surface area (TPSA) is 171 Å². The zero-order chi connectivity index (χ0) is 27.1. The Kier molecular flexibility index (Phi) is 6.20. The molecule has 3 aromatic heterocycles. The van der Waals surface area contributed by atoms with Gasteiger partial charge < -0.3 is 21.8 Å². The second-order valence-corrected chi connectivity index (χ2v) is 10.00. The minimum atomic E-state index is -0.214. The molecule has 4 aromatic rings. The number of nitrogens with zero attached hydrogens (tertiary/aromatic N) is 5. The van der Waals surface area contributed by atoms with Gasteiger partial charge in [-0.25, -0.2) is 4.98 Å². The van der Waals surface area contributed by atoms with Crippen molar-refractivity contribution in [2.75, 3.05) is 5.73 Å². The molecular weight excluding hydrogens is 494 g/mol. The summed E-state index contributed by atoms with van der Waals surface area (Å²) in [4.78, 5) is 36.7. The Bertz CT molecular complexity index is 1570. The number of nitrogen functional groups attached to an aromatic ring is 1. The fourth-order valence-corrected chi connectivity index (χ4v) is 6.07. The molecule has 1 aromatic carbocycles. The molecule has 2 unspecified atom stereocenters. The third-order valence-electron chi connectivity index (χ3n) is 7.92. The molecule has 11 nitrogen and oxygen atoms in total. The molecule has 39 heavy (non-hydrogen) atoms. The van der Waals surface area contributed by atoms with Crippen molar-refractivity contribution in [1.29, 1.82) is 0 Å². The fraction of sp³-hybridized carbons (Fsp3) is 0.250. The van der Waals surface area contributed by atoms with Gasteiger partial charge in [-0.2, -0.15) is 9.61 Å². The van der Waals surface area contributed by atoms with Crippen LogP contribution in [0.25, 0.3) is 28.0 Å². The van der Waals surface area contributed by atoms with E-state index in [2.05, 4.69) is 15.5 Å². The first-order valence-electron chi connectivity index (χ1n) is 12.9. The van der Waals surface area contributed by atoms with Crippen LogP contribution in [0.4, 0.5) is 5.82 Å². The van der Waals surface area contributed by atoms with Crippen molar-refractivity contribution < 1.29 is 9.59 Å². The minimum absolute atomic E-state index is 0.0117. The number of aromatic nitrogens is 4. The lowest BCUT2D eigenvalue weighted by Gasteiger charge is -2.39. The number of hydrogen-bond donors (Lipinski definition) is 4. The van der Waals surface area contributed by atoms with Crippen molar-refractivity contribution in [2.45, 2.75) is 43.7 Å². The number of carbonyl (C=O) groups is 2. The maximum Gasteiger partial charge on any atom is 0.273 e. The summed E-state index contributed by atoms with van der Waals surface area (Å²) in [7, 11) is 0. The van der Waals surface area contributed by atoms with Crippen LogP contribution in [0.3, 0.4) is 0 Å². The predicted molar refractivity (Wildman–Crippen MR) is 147 cm³/mol. The number of benzene rings is 1. The number of rotatable bonds is 6. The number of piperidine rings is 1. The van der Waals surface area contributed by atoms with E-state index >= 15 is 0 Å². The number of carbonyl (C=O) groups excluding carboxylic acids is 2. The van der Waals surface area contributed by atoms with E-state index in [0.29, 0.717) is 29.7 Å². The Morgan fingerprint density at radius 1 is 1.03 bits per heavy atom. The average Bonchev–Trinajstić information content (AvgIpc) is 3.52. The van der Waals surface area contributed by atoms with E-state index in [1.165, 1.54) is 10.7 Å². The number of hydrogen-bond acceptors (Lipinski definition) is 9. The van der Waals surface area contributed by atoms with E-state index in [1.807, 2.05) is 47.4 Å².